The molecule has 0 spiro atoms. The van der Waals surface area contributed by atoms with E-state index in [1.807, 2.05) is 18.2 Å². The zero-order valence-electron chi connectivity index (χ0n) is 10.6. The molecule has 0 unspecified atom stereocenters. The average molecular weight is 290 g/mol. The van der Waals surface area contributed by atoms with Gasteiger partial charge in [-0.1, -0.05) is 48.5 Å². The van der Waals surface area contributed by atoms with Crippen LogP contribution in [0.1, 0.15) is 0 Å². The second-order valence-corrected chi connectivity index (χ2v) is 4.53. The van der Waals surface area contributed by atoms with Crippen LogP contribution in [0.3, 0.4) is 0 Å². The van der Waals surface area contributed by atoms with E-state index in [-0.39, 0.29) is 5.75 Å². The summed E-state index contributed by atoms with van der Waals surface area (Å²) in [5, 5.41) is 2.80. The first kappa shape index (κ1) is 13.4. The Kier molecular flexibility index (Phi) is 3.05. The molecule has 3 aromatic rings. The Labute approximate surface area is 117 Å². The summed E-state index contributed by atoms with van der Waals surface area (Å²) in [4.78, 5) is 11.1. The van der Waals surface area contributed by atoms with Gasteiger partial charge in [-0.2, -0.15) is 13.2 Å². The maximum Gasteiger partial charge on any atom is 0.491 e. The van der Waals surface area contributed by atoms with Gasteiger partial charge in [0.2, 0.25) is 0 Å². The van der Waals surface area contributed by atoms with E-state index in [0.717, 1.165) is 10.8 Å². The smallest absolute Gasteiger partial charge is 0.419 e. The van der Waals surface area contributed by atoms with Crippen LogP contribution in [0.5, 0.6) is 5.75 Å². The first-order valence-electron chi connectivity index (χ1n) is 6.16. The number of halogens is 3. The molecule has 0 heterocycles. The zero-order valence-corrected chi connectivity index (χ0v) is 10.6. The van der Waals surface area contributed by atoms with E-state index >= 15 is 0 Å². The fourth-order valence-corrected chi connectivity index (χ4v) is 2.27. The maximum atomic E-state index is 12.4. The number of fused-ring (bicyclic) bond motifs is 3. The minimum atomic E-state index is -5.02. The third-order valence-corrected chi connectivity index (χ3v) is 3.17. The second-order valence-electron chi connectivity index (χ2n) is 4.53. The highest BCUT2D eigenvalue weighted by Crippen LogP contribution is 2.33. The van der Waals surface area contributed by atoms with Crippen LogP contribution < -0.4 is 4.74 Å². The molecular formula is C16H9F3O2. The highest BCUT2D eigenvalue weighted by atomic mass is 19.4. The van der Waals surface area contributed by atoms with E-state index in [1.165, 1.54) is 6.07 Å². The highest BCUT2D eigenvalue weighted by molar-refractivity contribution is 6.11. The summed E-state index contributed by atoms with van der Waals surface area (Å²) in [5.74, 6) is -2.31. The molecule has 3 rings (SSSR count). The Morgan fingerprint density at radius 1 is 0.857 bits per heavy atom. The molecule has 21 heavy (non-hydrogen) atoms. The van der Waals surface area contributed by atoms with E-state index in [9.17, 15) is 18.0 Å². The minimum absolute atomic E-state index is 0.0911. The number of esters is 1. The van der Waals surface area contributed by atoms with Crippen molar-refractivity contribution in [2.24, 2.45) is 0 Å². The molecule has 0 saturated carbocycles. The molecule has 3 aromatic carbocycles. The molecule has 0 aliphatic carbocycles. The topological polar surface area (TPSA) is 26.3 Å². The highest BCUT2D eigenvalue weighted by Gasteiger charge is 2.41. The number of rotatable bonds is 1. The van der Waals surface area contributed by atoms with Crippen molar-refractivity contribution in [3.63, 3.8) is 0 Å². The van der Waals surface area contributed by atoms with Gasteiger partial charge in [0.15, 0.2) is 0 Å². The van der Waals surface area contributed by atoms with Crippen molar-refractivity contribution < 1.29 is 22.7 Å². The van der Waals surface area contributed by atoms with Crippen LogP contribution in [0, 0.1) is 0 Å². The number of benzene rings is 3. The summed E-state index contributed by atoms with van der Waals surface area (Å²) >= 11 is 0. The quantitative estimate of drug-likeness (QED) is 0.376. The predicted octanol–water partition coefficient (Wildman–Crippen LogP) is 4.46. The van der Waals surface area contributed by atoms with Gasteiger partial charge in [-0.15, -0.1) is 0 Å². The number of ether oxygens (including phenoxy) is 1. The van der Waals surface area contributed by atoms with Crippen molar-refractivity contribution in [1.82, 2.24) is 0 Å². The van der Waals surface area contributed by atoms with Crippen molar-refractivity contribution in [3.8, 4) is 5.75 Å². The van der Waals surface area contributed by atoms with Crippen molar-refractivity contribution in [1.29, 1.82) is 0 Å². The lowest BCUT2D eigenvalue weighted by Crippen LogP contribution is -2.28. The molecule has 0 saturated heterocycles. The van der Waals surface area contributed by atoms with Crippen molar-refractivity contribution in [2.75, 3.05) is 0 Å². The third kappa shape index (κ3) is 2.42. The Hall–Kier alpha value is -2.56. The molecule has 2 nitrogen and oxygen atoms in total. The third-order valence-electron chi connectivity index (χ3n) is 3.17. The van der Waals surface area contributed by atoms with Gasteiger partial charge >= 0.3 is 12.1 Å². The standard InChI is InChI=1S/C16H9F3O2/c17-16(18,19)15(20)21-13-7-3-5-11-9-8-10-4-1-2-6-12(10)14(11)13/h1-9H. The summed E-state index contributed by atoms with van der Waals surface area (Å²) in [6, 6.07) is 15.6. The lowest BCUT2D eigenvalue weighted by atomic mass is 10.0. The molecule has 0 fully saturated rings. The molecule has 0 amide bonds. The summed E-state index contributed by atoms with van der Waals surface area (Å²) in [7, 11) is 0. The van der Waals surface area contributed by atoms with Crippen molar-refractivity contribution in [2.45, 2.75) is 6.18 Å². The molecule has 5 heteroatoms. The molecule has 0 aliphatic heterocycles. The molecule has 0 bridgehead atoms. The SMILES string of the molecule is O=C(Oc1cccc2ccc3ccccc3c12)C(F)(F)F. The summed E-state index contributed by atoms with van der Waals surface area (Å²) in [6.07, 6.45) is -5.02. The lowest BCUT2D eigenvalue weighted by Gasteiger charge is -2.11. The number of carbonyl (C=O) groups excluding carboxylic acids is 1. The second kappa shape index (κ2) is 4.77. The summed E-state index contributed by atoms with van der Waals surface area (Å²) < 4.78 is 41.7. The maximum absolute atomic E-state index is 12.4. The molecular weight excluding hydrogens is 281 g/mol. The summed E-state index contributed by atoms with van der Waals surface area (Å²) in [6.45, 7) is 0. The van der Waals surface area contributed by atoms with Gasteiger partial charge in [0, 0.05) is 5.39 Å². The Morgan fingerprint density at radius 2 is 1.52 bits per heavy atom. The van der Waals surface area contributed by atoms with Crippen molar-refractivity contribution in [3.05, 3.63) is 54.6 Å². The average Bonchev–Trinajstić information content (AvgIpc) is 2.46. The molecule has 0 radical (unpaired) electrons. The molecule has 0 atom stereocenters. The fraction of sp³-hybridized carbons (Fsp3) is 0.0625. The first-order valence-corrected chi connectivity index (χ1v) is 6.16. The van der Waals surface area contributed by atoms with Crippen LogP contribution in [0.25, 0.3) is 21.5 Å². The van der Waals surface area contributed by atoms with Gasteiger partial charge in [-0.25, -0.2) is 4.79 Å². The van der Waals surface area contributed by atoms with E-state index in [4.69, 9.17) is 0 Å². The Balaban J connectivity index is 2.23. The predicted molar refractivity (Wildman–Crippen MR) is 73.1 cm³/mol. The van der Waals surface area contributed by atoms with Crippen LogP contribution in [0.15, 0.2) is 54.6 Å². The number of hydrogen-bond acceptors (Lipinski definition) is 2. The van der Waals surface area contributed by atoms with Crippen LogP contribution in [-0.4, -0.2) is 12.1 Å². The van der Waals surface area contributed by atoms with E-state index in [0.29, 0.717) is 10.8 Å². The molecule has 0 aliphatic rings. The van der Waals surface area contributed by atoms with Gasteiger partial charge in [0.05, 0.1) is 0 Å². The summed E-state index contributed by atoms with van der Waals surface area (Å²) in [5.41, 5.74) is 0. The fourth-order valence-electron chi connectivity index (χ4n) is 2.27. The normalized spacial score (nSPS) is 11.8. The Bertz CT molecular complexity index is 838. The van der Waals surface area contributed by atoms with Crippen LogP contribution in [0.2, 0.25) is 0 Å². The number of carbonyl (C=O) groups is 1. The van der Waals surface area contributed by atoms with Gasteiger partial charge in [-0.05, 0) is 22.2 Å². The number of alkyl halides is 3. The van der Waals surface area contributed by atoms with Gasteiger partial charge < -0.3 is 4.74 Å². The van der Waals surface area contributed by atoms with Crippen LogP contribution in [-0.2, 0) is 4.79 Å². The first-order chi connectivity index (χ1) is 9.97. The van der Waals surface area contributed by atoms with Gasteiger partial charge in [0.1, 0.15) is 5.75 Å². The lowest BCUT2D eigenvalue weighted by molar-refractivity contribution is -0.189. The zero-order chi connectivity index (χ0) is 15.0. The Morgan fingerprint density at radius 3 is 2.29 bits per heavy atom. The van der Waals surface area contributed by atoms with Crippen LogP contribution in [0.4, 0.5) is 13.2 Å². The molecule has 0 N–H and O–H groups in total. The van der Waals surface area contributed by atoms with Crippen LogP contribution >= 0.6 is 0 Å². The molecule has 0 aromatic heterocycles. The van der Waals surface area contributed by atoms with E-state index in [2.05, 4.69) is 4.74 Å². The van der Waals surface area contributed by atoms with Crippen molar-refractivity contribution >= 4 is 27.5 Å². The monoisotopic (exact) mass is 290 g/mol. The number of hydrogen-bond donors (Lipinski definition) is 0. The van der Waals surface area contributed by atoms with E-state index in [1.54, 1.807) is 30.3 Å². The molecule has 106 valence electrons. The van der Waals surface area contributed by atoms with E-state index < -0.39 is 12.1 Å². The van der Waals surface area contributed by atoms with Gasteiger partial charge in [-0.3, -0.25) is 0 Å². The van der Waals surface area contributed by atoms with Gasteiger partial charge in [0.25, 0.3) is 0 Å². The largest absolute Gasteiger partial charge is 0.491 e. The minimum Gasteiger partial charge on any atom is -0.419 e.